The molecule has 1 unspecified atom stereocenters. The summed E-state index contributed by atoms with van der Waals surface area (Å²) in [5.74, 6) is 2.40. The largest absolute Gasteiger partial charge is 0.379 e. The zero-order chi connectivity index (χ0) is 11.9. The van der Waals surface area contributed by atoms with Gasteiger partial charge in [-0.1, -0.05) is 6.92 Å². The maximum atomic E-state index is 5.91. The minimum absolute atomic E-state index is 0.0513. The van der Waals surface area contributed by atoms with Gasteiger partial charge in [0.05, 0.1) is 18.3 Å². The average molecular weight is 247 g/mol. The molecule has 4 heteroatoms. The lowest BCUT2D eigenvalue weighted by atomic mass is 10.1. The van der Waals surface area contributed by atoms with Gasteiger partial charge in [0.2, 0.25) is 0 Å². The number of ether oxygens (including phenoxy) is 2. The van der Waals surface area contributed by atoms with Crippen LogP contribution in [0, 0.1) is 0 Å². The molecule has 1 saturated heterocycles. The van der Waals surface area contributed by atoms with Crippen LogP contribution in [0.25, 0.3) is 0 Å². The Labute approximate surface area is 104 Å². The third-order valence-electron chi connectivity index (χ3n) is 2.49. The van der Waals surface area contributed by atoms with E-state index in [1.807, 2.05) is 11.8 Å². The second-order valence-electron chi connectivity index (χ2n) is 4.76. The summed E-state index contributed by atoms with van der Waals surface area (Å²) in [6.45, 7) is 9.83. The van der Waals surface area contributed by atoms with Crippen LogP contribution in [0.5, 0.6) is 0 Å². The van der Waals surface area contributed by atoms with Crippen LogP contribution in [0.15, 0.2) is 0 Å². The number of morpholine rings is 1. The molecule has 1 heterocycles. The summed E-state index contributed by atoms with van der Waals surface area (Å²) in [5, 5.41) is 3.38. The van der Waals surface area contributed by atoms with Crippen molar-refractivity contribution in [2.24, 2.45) is 0 Å². The molecule has 1 N–H and O–H groups in total. The lowest BCUT2D eigenvalue weighted by molar-refractivity contribution is -0.120. The van der Waals surface area contributed by atoms with Crippen molar-refractivity contribution in [3.63, 3.8) is 0 Å². The number of thioether (sulfide) groups is 1. The normalized spacial score (nSPS) is 24.6. The predicted octanol–water partition coefficient (Wildman–Crippen LogP) is 1.91. The molecule has 0 radical (unpaired) electrons. The van der Waals surface area contributed by atoms with Crippen LogP contribution < -0.4 is 5.32 Å². The first-order valence-corrected chi connectivity index (χ1v) is 7.33. The molecule has 0 saturated carbocycles. The predicted molar refractivity (Wildman–Crippen MR) is 70.3 cm³/mol. The highest BCUT2D eigenvalue weighted by molar-refractivity contribution is 7.99. The van der Waals surface area contributed by atoms with Gasteiger partial charge in [0.1, 0.15) is 0 Å². The molecule has 0 spiro atoms. The van der Waals surface area contributed by atoms with Gasteiger partial charge in [0.25, 0.3) is 0 Å². The summed E-state index contributed by atoms with van der Waals surface area (Å²) in [6, 6.07) is 0. The summed E-state index contributed by atoms with van der Waals surface area (Å²) < 4.78 is 11.5. The van der Waals surface area contributed by atoms with Crippen molar-refractivity contribution in [1.29, 1.82) is 0 Å². The average Bonchev–Trinajstić information content (AvgIpc) is 2.22. The van der Waals surface area contributed by atoms with Crippen LogP contribution in [0.4, 0.5) is 0 Å². The standard InChI is InChI=1S/C12H25NO2S/c1-4-16-7-5-6-14-9-11-8-13-10-12(2,3)15-11/h11,13H,4-10H2,1-3H3. The Bertz CT molecular complexity index is 188. The Morgan fingerprint density at radius 2 is 2.31 bits per heavy atom. The quantitative estimate of drug-likeness (QED) is 0.696. The third kappa shape index (κ3) is 6.09. The molecule has 0 aliphatic carbocycles. The van der Waals surface area contributed by atoms with E-state index in [1.165, 1.54) is 11.5 Å². The molecule has 1 atom stereocenters. The van der Waals surface area contributed by atoms with E-state index in [0.29, 0.717) is 6.61 Å². The van der Waals surface area contributed by atoms with E-state index in [0.717, 1.165) is 26.1 Å². The number of nitrogens with one attached hydrogen (secondary N) is 1. The lowest BCUT2D eigenvalue weighted by Crippen LogP contribution is -2.51. The maximum Gasteiger partial charge on any atom is 0.0940 e. The monoisotopic (exact) mass is 247 g/mol. The highest BCUT2D eigenvalue weighted by atomic mass is 32.2. The van der Waals surface area contributed by atoms with Crippen LogP contribution in [-0.2, 0) is 9.47 Å². The summed E-state index contributed by atoms with van der Waals surface area (Å²) in [7, 11) is 0. The van der Waals surface area contributed by atoms with E-state index < -0.39 is 0 Å². The van der Waals surface area contributed by atoms with Crippen molar-refractivity contribution in [3.05, 3.63) is 0 Å². The van der Waals surface area contributed by atoms with Crippen LogP contribution in [0.3, 0.4) is 0 Å². The van der Waals surface area contributed by atoms with Gasteiger partial charge < -0.3 is 14.8 Å². The van der Waals surface area contributed by atoms with Gasteiger partial charge in [-0.2, -0.15) is 11.8 Å². The van der Waals surface area contributed by atoms with Gasteiger partial charge in [-0.25, -0.2) is 0 Å². The molecular weight excluding hydrogens is 222 g/mol. The van der Waals surface area contributed by atoms with Crippen LogP contribution in [0.2, 0.25) is 0 Å². The second kappa shape index (κ2) is 7.54. The Balaban J connectivity index is 2.00. The molecule has 16 heavy (non-hydrogen) atoms. The highest BCUT2D eigenvalue weighted by Crippen LogP contribution is 2.15. The van der Waals surface area contributed by atoms with Crippen molar-refractivity contribution in [2.75, 3.05) is 37.8 Å². The van der Waals surface area contributed by atoms with E-state index in [2.05, 4.69) is 26.1 Å². The van der Waals surface area contributed by atoms with Crippen molar-refractivity contribution in [1.82, 2.24) is 5.32 Å². The number of rotatable bonds is 7. The second-order valence-corrected chi connectivity index (χ2v) is 6.15. The minimum Gasteiger partial charge on any atom is -0.379 e. The first-order chi connectivity index (χ1) is 7.64. The molecule has 0 aromatic heterocycles. The Morgan fingerprint density at radius 1 is 1.50 bits per heavy atom. The SMILES string of the molecule is CCSCCCOCC1CNCC(C)(C)O1. The Kier molecular flexibility index (Phi) is 6.73. The summed E-state index contributed by atoms with van der Waals surface area (Å²) >= 11 is 1.97. The molecule has 0 aromatic carbocycles. The van der Waals surface area contributed by atoms with Crippen molar-refractivity contribution in [2.45, 2.75) is 38.9 Å². The van der Waals surface area contributed by atoms with Crippen LogP contribution in [-0.4, -0.2) is 49.5 Å². The van der Waals surface area contributed by atoms with E-state index in [9.17, 15) is 0 Å². The summed E-state index contributed by atoms with van der Waals surface area (Å²) in [5.41, 5.74) is -0.0513. The fourth-order valence-corrected chi connectivity index (χ4v) is 2.39. The van der Waals surface area contributed by atoms with Gasteiger partial charge in [0.15, 0.2) is 0 Å². The van der Waals surface area contributed by atoms with E-state index >= 15 is 0 Å². The Hall–Kier alpha value is 0.230. The van der Waals surface area contributed by atoms with Crippen LogP contribution >= 0.6 is 11.8 Å². The molecule has 96 valence electrons. The van der Waals surface area contributed by atoms with E-state index in [4.69, 9.17) is 9.47 Å². The fourth-order valence-electron chi connectivity index (χ4n) is 1.78. The minimum atomic E-state index is -0.0513. The molecule has 0 bridgehead atoms. The maximum absolute atomic E-state index is 5.91. The van der Waals surface area contributed by atoms with Gasteiger partial charge >= 0.3 is 0 Å². The van der Waals surface area contributed by atoms with Gasteiger partial charge in [0, 0.05) is 19.7 Å². The van der Waals surface area contributed by atoms with Gasteiger partial charge in [-0.3, -0.25) is 0 Å². The fraction of sp³-hybridized carbons (Fsp3) is 1.00. The zero-order valence-electron chi connectivity index (χ0n) is 10.8. The first-order valence-electron chi connectivity index (χ1n) is 6.18. The van der Waals surface area contributed by atoms with Crippen molar-refractivity contribution >= 4 is 11.8 Å². The third-order valence-corrected chi connectivity index (χ3v) is 3.48. The lowest BCUT2D eigenvalue weighted by Gasteiger charge is -2.36. The molecule has 3 nitrogen and oxygen atoms in total. The first kappa shape index (κ1) is 14.3. The smallest absolute Gasteiger partial charge is 0.0940 e. The molecule has 1 rings (SSSR count). The molecule has 0 aromatic rings. The molecule has 1 fully saturated rings. The Morgan fingerprint density at radius 3 is 3.00 bits per heavy atom. The van der Waals surface area contributed by atoms with Crippen molar-refractivity contribution < 1.29 is 9.47 Å². The van der Waals surface area contributed by atoms with E-state index in [1.54, 1.807) is 0 Å². The molecule has 1 aliphatic rings. The topological polar surface area (TPSA) is 30.5 Å². The number of hydrogen-bond donors (Lipinski definition) is 1. The number of hydrogen-bond acceptors (Lipinski definition) is 4. The highest BCUT2D eigenvalue weighted by Gasteiger charge is 2.28. The van der Waals surface area contributed by atoms with Gasteiger partial charge in [-0.15, -0.1) is 0 Å². The summed E-state index contributed by atoms with van der Waals surface area (Å²) in [4.78, 5) is 0. The molecule has 1 aliphatic heterocycles. The molecular formula is C12H25NO2S. The summed E-state index contributed by atoms with van der Waals surface area (Å²) in [6.07, 6.45) is 1.35. The van der Waals surface area contributed by atoms with Crippen molar-refractivity contribution in [3.8, 4) is 0 Å². The van der Waals surface area contributed by atoms with Crippen LogP contribution in [0.1, 0.15) is 27.2 Å². The molecule has 0 amide bonds. The zero-order valence-corrected chi connectivity index (χ0v) is 11.6. The van der Waals surface area contributed by atoms with Gasteiger partial charge in [-0.05, 0) is 31.8 Å². The van der Waals surface area contributed by atoms with E-state index in [-0.39, 0.29) is 11.7 Å².